The quantitative estimate of drug-likeness (QED) is 0.475. The average molecular weight is 185 g/mol. The van der Waals surface area contributed by atoms with Crippen LogP contribution in [0, 0.1) is 0 Å². The third-order valence-corrected chi connectivity index (χ3v) is 2.30. The van der Waals surface area contributed by atoms with Crippen LogP contribution >= 0.6 is 0 Å². The number of carbonyl (C=O) groups excluding carboxylic acids is 2. The molecule has 0 aromatic rings. The van der Waals surface area contributed by atoms with Crippen LogP contribution in [0.3, 0.4) is 0 Å². The maximum Gasteiger partial charge on any atom is 0.324 e. The summed E-state index contributed by atoms with van der Waals surface area (Å²) in [5.41, 5.74) is 5.68. The van der Waals surface area contributed by atoms with Gasteiger partial charge in [0.25, 0.3) is 0 Å². The molecule has 6 heteroatoms. The van der Waals surface area contributed by atoms with E-state index in [1.54, 1.807) is 0 Å². The van der Waals surface area contributed by atoms with Gasteiger partial charge in [-0.25, -0.2) is 4.79 Å². The molecule has 13 heavy (non-hydrogen) atoms. The lowest BCUT2D eigenvalue weighted by atomic mass is 10.1. The molecule has 2 aliphatic heterocycles. The number of ether oxygens (including phenoxy) is 1. The summed E-state index contributed by atoms with van der Waals surface area (Å²) < 4.78 is 5.08. The number of nitrogens with two attached hydrogens (primary N) is 1. The molecule has 2 rings (SSSR count). The number of nitrogens with one attached hydrogen (secondary N) is 1. The van der Waals surface area contributed by atoms with Crippen molar-refractivity contribution in [1.82, 2.24) is 10.2 Å². The number of amides is 3. The van der Waals surface area contributed by atoms with E-state index in [1.807, 2.05) is 0 Å². The first-order valence-electron chi connectivity index (χ1n) is 4.13. The molecular weight excluding hydrogens is 174 g/mol. The van der Waals surface area contributed by atoms with Crippen molar-refractivity contribution in [3.8, 4) is 0 Å². The van der Waals surface area contributed by atoms with Crippen LogP contribution in [0.25, 0.3) is 0 Å². The van der Waals surface area contributed by atoms with E-state index in [0.29, 0.717) is 13.2 Å². The Kier molecular flexibility index (Phi) is 1.93. The Labute approximate surface area is 75.0 Å². The molecule has 0 spiro atoms. The lowest BCUT2D eigenvalue weighted by Crippen LogP contribution is -2.50. The van der Waals surface area contributed by atoms with Crippen LogP contribution in [-0.4, -0.2) is 48.7 Å². The normalized spacial score (nSPS) is 34.1. The third-order valence-electron chi connectivity index (χ3n) is 2.30. The SMILES string of the molecule is NC1COCC1N1C(=O)CNC1=O. The van der Waals surface area contributed by atoms with E-state index >= 15 is 0 Å². The average Bonchev–Trinajstić information content (AvgIpc) is 2.60. The van der Waals surface area contributed by atoms with Crippen LogP contribution in [0.1, 0.15) is 0 Å². The first-order valence-corrected chi connectivity index (χ1v) is 4.13. The van der Waals surface area contributed by atoms with Crippen LogP contribution in [0.4, 0.5) is 4.79 Å². The Morgan fingerprint density at radius 2 is 2.23 bits per heavy atom. The molecule has 2 fully saturated rings. The highest BCUT2D eigenvalue weighted by Gasteiger charge is 2.40. The van der Waals surface area contributed by atoms with Gasteiger partial charge in [0.15, 0.2) is 0 Å². The minimum Gasteiger partial charge on any atom is -0.378 e. The number of nitrogens with zero attached hydrogens (tertiary/aromatic N) is 1. The summed E-state index contributed by atoms with van der Waals surface area (Å²) in [5.74, 6) is -0.226. The van der Waals surface area contributed by atoms with Gasteiger partial charge in [0, 0.05) is 0 Å². The third kappa shape index (κ3) is 1.27. The van der Waals surface area contributed by atoms with E-state index in [4.69, 9.17) is 10.5 Å². The van der Waals surface area contributed by atoms with E-state index in [-0.39, 0.29) is 30.6 Å². The zero-order valence-electron chi connectivity index (χ0n) is 7.03. The number of rotatable bonds is 1. The fourth-order valence-corrected chi connectivity index (χ4v) is 1.60. The second-order valence-corrected chi connectivity index (χ2v) is 3.19. The summed E-state index contributed by atoms with van der Waals surface area (Å²) in [5, 5.41) is 2.44. The summed E-state index contributed by atoms with van der Waals surface area (Å²) in [6.07, 6.45) is 0. The Hall–Kier alpha value is -1.14. The zero-order valence-corrected chi connectivity index (χ0v) is 7.03. The van der Waals surface area contributed by atoms with Gasteiger partial charge in [-0.05, 0) is 0 Å². The Morgan fingerprint density at radius 3 is 2.69 bits per heavy atom. The van der Waals surface area contributed by atoms with Crippen LogP contribution < -0.4 is 11.1 Å². The molecule has 2 saturated heterocycles. The summed E-state index contributed by atoms with van der Waals surface area (Å²) in [6.45, 7) is 0.824. The van der Waals surface area contributed by atoms with Crippen molar-refractivity contribution in [2.75, 3.05) is 19.8 Å². The summed E-state index contributed by atoms with van der Waals surface area (Å²) in [7, 11) is 0. The van der Waals surface area contributed by atoms with Gasteiger partial charge in [0.1, 0.15) is 0 Å². The molecule has 2 atom stereocenters. The van der Waals surface area contributed by atoms with Gasteiger partial charge in [-0.1, -0.05) is 0 Å². The standard InChI is InChI=1S/C7H11N3O3/c8-4-2-13-3-5(4)10-6(11)1-9-7(10)12/h4-5H,1-3,8H2,(H,9,12). The molecule has 3 amide bonds. The van der Waals surface area contributed by atoms with Gasteiger partial charge in [-0.2, -0.15) is 0 Å². The number of hydrogen-bond acceptors (Lipinski definition) is 4. The van der Waals surface area contributed by atoms with Crippen LogP contribution in [0.5, 0.6) is 0 Å². The first kappa shape index (κ1) is 8.46. The van der Waals surface area contributed by atoms with Crippen molar-refractivity contribution in [1.29, 1.82) is 0 Å². The lowest BCUT2D eigenvalue weighted by molar-refractivity contribution is -0.126. The predicted octanol–water partition coefficient (Wildman–Crippen LogP) is -1.74. The molecule has 72 valence electrons. The highest BCUT2D eigenvalue weighted by molar-refractivity contribution is 6.02. The van der Waals surface area contributed by atoms with E-state index in [1.165, 1.54) is 0 Å². The van der Waals surface area contributed by atoms with Crippen LogP contribution in [-0.2, 0) is 9.53 Å². The van der Waals surface area contributed by atoms with Crippen LogP contribution in [0.2, 0.25) is 0 Å². The van der Waals surface area contributed by atoms with E-state index in [2.05, 4.69) is 5.32 Å². The largest absolute Gasteiger partial charge is 0.378 e. The predicted molar refractivity (Wildman–Crippen MR) is 42.8 cm³/mol. The van der Waals surface area contributed by atoms with E-state index < -0.39 is 0 Å². The van der Waals surface area contributed by atoms with Gasteiger partial charge in [0.05, 0.1) is 31.8 Å². The summed E-state index contributed by atoms with van der Waals surface area (Å²) in [4.78, 5) is 23.6. The molecule has 3 N–H and O–H groups in total. The number of imide groups is 1. The fraction of sp³-hybridized carbons (Fsp3) is 0.714. The molecule has 0 aliphatic carbocycles. The maximum atomic E-state index is 11.2. The molecule has 0 aromatic carbocycles. The Bertz CT molecular complexity index is 239. The molecule has 6 nitrogen and oxygen atoms in total. The monoisotopic (exact) mass is 185 g/mol. The Morgan fingerprint density at radius 1 is 1.46 bits per heavy atom. The van der Waals surface area contributed by atoms with Gasteiger partial charge in [-0.3, -0.25) is 9.69 Å². The molecule has 0 radical (unpaired) electrons. The first-order chi connectivity index (χ1) is 6.20. The zero-order chi connectivity index (χ0) is 9.42. The molecule has 2 heterocycles. The number of carbonyl (C=O) groups is 2. The van der Waals surface area contributed by atoms with Crippen molar-refractivity contribution in [2.45, 2.75) is 12.1 Å². The molecule has 0 saturated carbocycles. The molecule has 2 unspecified atom stereocenters. The van der Waals surface area contributed by atoms with Gasteiger partial charge >= 0.3 is 6.03 Å². The van der Waals surface area contributed by atoms with Crippen molar-refractivity contribution < 1.29 is 14.3 Å². The van der Waals surface area contributed by atoms with E-state index in [9.17, 15) is 9.59 Å². The molecular formula is C7H11N3O3. The highest BCUT2D eigenvalue weighted by Crippen LogP contribution is 2.14. The number of hydrogen-bond donors (Lipinski definition) is 2. The van der Waals surface area contributed by atoms with Crippen molar-refractivity contribution in [2.24, 2.45) is 5.73 Å². The molecule has 0 bridgehead atoms. The van der Waals surface area contributed by atoms with Crippen molar-refractivity contribution >= 4 is 11.9 Å². The van der Waals surface area contributed by atoms with Gasteiger partial charge < -0.3 is 15.8 Å². The van der Waals surface area contributed by atoms with Gasteiger partial charge in [-0.15, -0.1) is 0 Å². The highest BCUT2D eigenvalue weighted by atomic mass is 16.5. The number of urea groups is 1. The minimum absolute atomic E-state index is 0.0715. The van der Waals surface area contributed by atoms with Gasteiger partial charge in [0.2, 0.25) is 5.91 Å². The summed E-state index contributed by atoms with van der Waals surface area (Å²) in [6, 6.07) is -0.918. The topological polar surface area (TPSA) is 84.7 Å². The second kappa shape index (κ2) is 2.97. The van der Waals surface area contributed by atoms with Crippen LogP contribution in [0.15, 0.2) is 0 Å². The lowest BCUT2D eigenvalue weighted by Gasteiger charge is -2.22. The Balaban J connectivity index is 2.14. The van der Waals surface area contributed by atoms with Crippen molar-refractivity contribution in [3.05, 3.63) is 0 Å². The smallest absolute Gasteiger partial charge is 0.324 e. The fourth-order valence-electron chi connectivity index (χ4n) is 1.60. The molecule has 0 aromatic heterocycles. The summed E-state index contributed by atoms with van der Waals surface area (Å²) >= 11 is 0. The minimum atomic E-state index is -0.365. The molecule has 2 aliphatic rings. The van der Waals surface area contributed by atoms with E-state index in [0.717, 1.165) is 4.90 Å². The van der Waals surface area contributed by atoms with Crippen molar-refractivity contribution in [3.63, 3.8) is 0 Å². The maximum absolute atomic E-state index is 11.2. The second-order valence-electron chi connectivity index (χ2n) is 3.19.